The molecule has 1 aromatic carbocycles. The van der Waals surface area contributed by atoms with E-state index in [0.29, 0.717) is 18.0 Å². The van der Waals surface area contributed by atoms with Crippen molar-refractivity contribution in [1.82, 2.24) is 10.6 Å². The maximum Gasteiger partial charge on any atom is 0.165 e. The SMILES string of the molecule is COc1cccc(CNC2CCCC2C2COCCN2)c1OC. The van der Waals surface area contributed by atoms with Crippen LogP contribution in [-0.4, -0.2) is 46.1 Å². The normalized spacial score (nSPS) is 27.8. The molecule has 2 fully saturated rings. The molecule has 128 valence electrons. The Morgan fingerprint density at radius 1 is 1.26 bits per heavy atom. The third-order valence-corrected chi connectivity index (χ3v) is 5.08. The highest BCUT2D eigenvalue weighted by Gasteiger charge is 2.34. The summed E-state index contributed by atoms with van der Waals surface area (Å²) in [7, 11) is 3.37. The van der Waals surface area contributed by atoms with Crippen LogP contribution in [0.4, 0.5) is 0 Å². The van der Waals surface area contributed by atoms with E-state index in [-0.39, 0.29) is 0 Å². The molecule has 5 heteroatoms. The van der Waals surface area contributed by atoms with Gasteiger partial charge in [0.05, 0.1) is 27.4 Å². The number of para-hydroxylation sites is 1. The first kappa shape index (κ1) is 16.6. The molecule has 3 atom stereocenters. The molecule has 23 heavy (non-hydrogen) atoms. The van der Waals surface area contributed by atoms with Crippen molar-refractivity contribution in [3.8, 4) is 11.5 Å². The van der Waals surface area contributed by atoms with Gasteiger partial charge in [-0.2, -0.15) is 0 Å². The summed E-state index contributed by atoms with van der Waals surface area (Å²) >= 11 is 0. The van der Waals surface area contributed by atoms with Crippen LogP contribution in [0, 0.1) is 5.92 Å². The number of hydrogen-bond donors (Lipinski definition) is 2. The van der Waals surface area contributed by atoms with Crippen molar-refractivity contribution < 1.29 is 14.2 Å². The number of morpholine rings is 1. The van der Waals surface area contributed by atoms with E-state index in [1.165, 1.54) is 19.3 Å². The summed E-state index contributed by atoms with van der Waals surface area (Å²) in [5.41, 5.74) is 1.14. The molecule has 3 unspecified atom stereocenters. The topological polar surface area (TPSA) is 51.8 Å². The lowest BCUT2D eigenvalue weighted by atomic mass is 9.94. The summed E-state index contributed by atoms with van der Waals surface area (Å²) in [6.07, 6.45) is 3.79. The molecule has 1 aromatic rings. The predicted molar refractivity (Wildman–Crippen MR) is 90.1 cm³/mol. The highest BCUT2D eigenvalue weighted by molar-refractivity contribution is 5.46. The number of nitrogens with one attached hydrogen (secondary N) is 2. The van der Waals surface area contributed by atoms with Gasteiger partial charge in [0, 0.05) is 30.7 Å². The second kappa shape index (κ2) is 7.99. The average molecular weight is 320 g/mol. The lowest BCUT2D eigenvalue weighted by Crippen LogP contribution is -2.50. The highest BCUT2D eigenvalue weighted by atomic mass is 16.5. The quantitative estimate of drug-likeness (QED) is 0.839. The van der Waals surface area contributed by atoms with Crippen molar-refractivity contribution in [1.29, 1.82) is 0 Å². The Balaban J connectivity index is 1.63. The number of methoxy groups -OCH3 is 2. The summed E-state index contributed by atoms with van der Waals surface area (Å²) in [4.78, 5) is 0. The number of ether oxygens (including phenoxy) is 3. The molecule has 0 spiro atoms. The Bertz CT molecular complexity index is 503. The molecule has 0 radical (unpaired) electrons. The summed E-state index contributed by atoms with van der Waals surface area (Å²) in [5, 5.41) is 7.36. The number of rotatable bonds is 6. The van der Waals surface area contributed by atoms with Crippen LogP contribution in [0.1, 0.15) is 24.8 Å². The molecule has 1 saturated carbocycles. The largest absolute Gasteiger partial charge is 0.493 e. The van der Waals surface area contributed by atoms with Crippen LogP contribution in [0.5, 0.6) is 11.5 Å². The van der Waals surface area contributed by atoms with Crippen molar-refractivity contribution in [3.05, 3.63) is 23.8 Å². The van der Waals surface area contributed by atoms with Gasteiger partial charge < -0.3 is 24.8 Å². The molecule has 2 aliphatic rings. The van der Waals surface area contributed by atoms with Crippen LogP contribution in [-0.2, 0) is 11.3 Å². The summed E-state index contributed by atoms with van der Waals surface area (Å²) < 4.78 is 16.6. The molecule has 1 heterocycles. The third-order valence-electron chi connectivity index (χ3n) is 5.08. The van der Waals surface area contributed by atoms with Gasteiger partial charge in [-0.05, 0) is 24.8 Å². The summed E-state index contributed by atoms with van der Waals surface area (Å²) in [6.45, 7) is 3.44. The fraction of sp³-hybridized carbons (Fsp3) is 0.667. The second-order valence-corrected chi connectivity index (χ2v) is 6.37. The minimum atomic E-state index is 0.482. The highest BCUT2D eigenvalue weighted by Crippen LogP contribution is 2.33. The maximum atomic E-state index is 5.65. The molecule has 5 nitrogen and oxygen atoms in total. The van der Waals surface area contributed by atoms with Crippen molar-refractivity contribution in [3.63, 3.8) is 0 Å². The van der Waals surface area contributed by atoms with Crippen molar-refractivity contribution in [2.75, 3.05) is 34.0 Å². The van der Waals surface area contributed by atoms with Gasteiger partial charge in [-0.3, -0.25) is 0 Å². The van der Waals surface area contributed by atoms with Gasteiger partial charge in [0.15, 0.2) is 11.5 Å². The van der Waals surface area contributed by atoms with E-state index in [0.717, 1.165) is 43.4 Å². The predicted octanol–water partition coefficient (Wildman–Crippen LogP) is 1.95. The van der Waals surface area contributed by atoms with Gasteiger partial charge in [0.1, 0.15) is 0 Å². The van der Waals surface area contributed by atoms with Crippen molar-refractivity contribution in [2.45, 2.75) is 37.9 Å². The Kier molecular flexibility index (Phi) is 5.75. The standard InChI is InChI=1S/C18H28N2O3/c1-21-17-8-3-5-13(18(17)22-2)11-20-15-7-4-6-14(15)16-12-23-10-9-19-16/h3,5,8,14-16,19-20H,4,6-7,9-12H2,1-2H3. The monoisotopic (exact) mass is 320 g/mol. The first-order valence-corrected chi connectivity index (χ1v) is 8.58. The van der Waals surface area contributed by atoms with Crippen LogP contribution in [0.3, 0.4) is 0 Å². The Morgan fingerprint density at radius 2 is 2.17 bits per heavy atom. The van der Waals surface area contributed by atoms with E-state index in [1.807, 2.05) is 12.1 Å². The van der Waals surface area contributed by atoms with E-state index in [2.05, 4.69) is 16.7 Å². The molecule has 1 saturated heterocycles. The summed E-state index contributed by atoms with van der Waals surface area (Å²) in [6, 6.07) is 7.06. The second-order valence-electron chi connectivity index (χ2n) is 6.37. The molecule has 0 bridgehead atoms. The van der Waals surface area contributed by atoms with Gasteiger partial charge in [-0.15, -0.1) is 0 Å². The lowest BCUT2D eigenvalue weighted by molar-refractivity contribution is 0.0524. The van der Waals surface area contributed by atoms with E-state index in [1.54, 1.807) is 14.2 Å². The molecule has 2 N–H and O–H groups in total. The summed E-state index contributed by atoms with van der Waals surface area (Å²) in [5.74, 6) is 2.26. The first-order valence-electron chi connectivity index (χ1n) is 8.58. The van der Waals surface area contributed by atoms with Crippen LogP contribution < -0.4 is 20.1 Å². The van der Waals surface area contributed by atoms with Gasteiger partial charge in [0.25, 0.3) is 0 Å². The molecular weight excluding hydrogens is 292 g/mol. The van der Waals surface area contributed by atoms with Crippen LogP contribution in [0.25, 0.3) is 0 Å². The van der Waals surface area contributed by atoms with Gasteiger partial charge in [-0.1, -0.05) is 18.6 Å². The average Bonchev–Trinajstić information content (AvgIpc) is 3.08. The minimum Gasteiger partial charge on any atom is -0.493 e. The lowest BCUT2D eigenvalue weighted by Gasteiger charge is -2.33. The Labute approximate surface area is 138 Å². The Morgan fingerprint density at radius 3 is 2.91 bits per heavy atom. The van der Waals surface area contributed by atoms with Crippen LogP contribution in [0.15, 0.2) is 18.2 Å². The van der Waals surface area contributed by atoms with Crippen LogP contribution >= 0.6 is 0 Å². The van der Waals surface area contributed by atoms with Crippen molar-refractivity contribution >= 4 is 0 Å². The molecule has 1 aliphatic heterocycles. The van der Waals surface area contributed by atoms with E-state index >= 15 is 0 Å². The third kappa shape index (κ3) is 3.79. The van der Waals surface area contributed by atoms with E-state index < -0.39 is 0 Å². The van der Waals surface area contributed by atoms with Crippen molar-refractivity contribution in [2.24, 2.45) is 5.92 Å². The molecule has 1 aliphatic carbocycles. The van der Waals surface area contributed by atoms with Gasteiger partial charge in [0.2, 0.25) is 0 Å². The Hall–Kier alpha value is -1.30. The number of benzene rings is 1. The van der Waals surface area contributed by atoms with Crippen LogP contribution in [0.2, 0.25) is 0 Å². The molecule has 0 aromatic heterocycles. The van der Waals surface area contributed by atoms with E-state index in [4.69, 9.17) is 14.2 Å². The zero-order chi connectivity index (χ0) is 16.1. The van der Waals surface area contributed by atoms with Gasteiger partial charge >= 0.3 is 0 Å². The minimum absolute atomic E-state index is 0.482. The fourth-order valence-corrected chi connectivity index (χ4v) is 3.92. The maximum absolute atomic E-state index is 5.65. The smallest absolute Gasteiger partial charge is 0.165 e. The zero-order valence-corrected chi connectivity index (χ0v) is 14.1. The fourth-order valence-electron chi connectivity index (χ4n) is 3.92. The van der Waals surface area contributed by atoms with E-state index in [9.17, 15) is 0 Å². The van der Waals surface area contributed by atoms with Gasteiger partial charge in [-0.25, -0.2) is 0 Å². The molecular formula is C18H28N2O3. The number of hydrogen-bond acceptors (Lipinski definition) is 5. The molecule has 3 rings (SSSR count). The molecule has 0 amide bonds. The zero-order valence-electron chi connectivity index (χ0n) is 14.1. The first-order chi connectivity index (χ1) is 11.3.